The van der Waals surface area contributed by atoms with Crippen LogP contribution in [0.4, 0.5) is 5.69 Å². The number of aryl methyl sites for hydroxylation is 1. The third-order valence-corrected chi connectivity index (χ3v) is 2.41. The maximum atomic E-state index is 11.7. The Kier molecular flexibility index (Phi) is 5.32. The van der Waals surface area contributed by atoms with Crippen LogP contribution in [0.15, 0.2) is 30.7 Å². The smallest absolute Gasteiger partial charge is 0.269 e. The van der Waals surface area contributed by atoms with Gasteiger partial charge in [0.15, 0.2) is 0 Å². The van der Waals surface area contributed by atoms with E-state index in [2.05, 4.69) is 15.4 Å². The van der Waals surface area contributed by atoms with Gasteiger partial charge in [0, 0.05) is 12.7 Å². The van der Waals surface area contributed by atoms with Gasteiger partial charge in [-0.3, -0.25) is 9.48 Å². The molecular weight excluding hydrogens is 266 g/mol. The van der Waals surface area contributed by atoms with Crippen molar-refractivity contribution in [2.75, 3.05) is 12.3 Å². The second-order valence-corrected chi connectivity index (χ2v) is 4.01. The quantitative estimate of drug-likeness (QED) is 0.876. The molecule has 0 unspecified atom stereocenters. The number of nitrogens with one attached hydrogen (secondary N) is 1. The van der Waals surface area contributed by atoms with Crippen molar-refractivity contribution in [3.8, 4) is 0 Å². The number of nitrogens with two attached hydrogens (primary N) is 1. The van der Waals surface area contributed by atoms with Gasteiger partial charge in [-0.15, -0.1) is 12.4 Å². The molecule has 2 rings (SSSR count). The zero-order valence-corrected chi connectivity index (χ0v) is 11.4. The normalized spacial score (nSPS) is 9.74. The van der Waals surface area contributed by atoms with Crippen LogP contribution in [0.1, 0.15) is 16.1 Å². The van der Waals surface area contributed by atoms with Crippen LogP contribution in [0.5, 0.6) is 0 Å². The number of pyridine rings is 1. The van der Waals surface area contributed by atoms with Gasteiger partial charge in [0.1, 0.15) is 5.69 Å². The molecular formula is C12H16ClN5O. The lowest BCUT2D eigenvalue weighted by Crippen LogP contribution is -2.28. The topological polar surface area (TPSA) is 85.8 Å². The Morgan fingerprint density at radius 1 is 1.42 bits per heavy atom. The summed E-state index contributed by atoms with van der Waals surface area (Å²) in [4.78, 5) is 15.7. The largest absolute Gasteiger partial charge is 0.397 e. The highest BCUT2D eigenvalue weighted by Gasteiger charge is 2.05. The molecule has 102 valence electrons. The Morgan fingerprint density at radius 3 is 2.79 bits per heavy atom. The fourth-order valence-corrected chi connectivity index (χ4v) is 1.50. The first-order valence-electron chi connectivity index (χ1n) is 5.64. The number of nitrogens with zero attached hydrogens (tertiary/aromatic N) is 3. The molecule has 3 N–H and O–H groups in total. The van der Waals surface area contributed by atoms with Gasteiger partial charge in [-0.25, -0.2) is 4.98 Å². The summed E-state index contributed by atoms with van der Waals surface area (Å²) in [7, 11) is 0. The van der Waals surface area contributed by atoms with E-state index in [4.69, 9.17) is 5.73 Å². The fourth-order valence-electron chi connectivity index (χ4n) is 1.50. The predicted octanol–water partition coefficient (Wildman–Crippen LogP) is 1.02. The molecule has 7 heteroatoms. The third kappa shape index (κ3) is 4.26. The number of carbonyl (C=O) groups excluding carboxylic acids is 1. The lowest BCUT2D eigenvalue weighted by atomic mass is 10.3. The lowest BCUT2D eigenvalue weighted by molar-refractivity contribution is 0.0947. The van der Waals surface area contributed by atoms with E-state index in [0.29, 0.717) is 24.5 Å². The number of amides is 1. The molecule has 19 heavy (non-hydrogen) atoms. The van der Waals surface area contributed by atoms with Crippen LogP contribution >= 0.6 is 12.4 Å². The Balaban J connectivity index is 0.00000180. The van der Waals surface area contributed by atoms with E-state index >= 15 is 0 Å². The van der Waals surface area contributed by atoms with Gasteiger partial charge < -0.3 is 11.1 Å². The molecule has 0 aromatic carbocycles. The summed E-state index contributed by atoms with van der Waals surface area (Å²) in [5, 5.41) is 6.90. The van der Waals surface area contributed by atoms with Gasteiger partial charge in [-0.05, 0) is 24.6 Å². The zero-order chi connectivity index (χ0) is 13.0. The first-order valence-corrected chi connectivity index (χ1v) is 5.64. The minimum atomic E-state index is -0.209. The van der Waals surface area contributed by atoms with E-state index in [9.17, 15) is 4.79 Å². The number of nitrogen functional groups attached to an aromatic ring is 1. The van der Waals surface area contributed by atoms with Gasteiger partial charge in [-0.2, -0.15) is 5.10 Å². The average Bonchev–Trinajstić information content (AvgIpc) is 2.76. The molecule has 0 saturated carbocycles. The molecule has 0 fully saturated rings. The number of hydrogen-bond donors (Lipinski definition) is 2. The molecule has 0 atom stereocenters. The Bertz CT molecular complexity index is 537. The van der Waals surface area contributed by atoms with Crippen molar-refractivity contribution >= 4 is 24.0 Å². The molecule has 0 aliphatic heterocycles. The number of halogens is 1. The molecule has 0 aliphatic rings. The van der Waals surface area contributed by atoms with Crippen LogP contribution in [0, 0.1) is 6.92 Å². The van der Waals surface area contributed by atoms with Crippen LogP contribution < -0.4 is 11.1 Å². The summed E-state index contributed by atoms with van der Waals surface area (Å²) in [5.41, 5.74) is 7.50. The van der Waals surface area contributed by atoms with Crippen molar-refractivity contribution < 1.29 is 4.79 Å². The molecule has 0 aliphatic carbocycles. The first kappa shape index (κ1) is 15.0. The molecule has 0 saturated heterocycles. The van der Waals surface area contributed by atoms with Crippen LogP contribution in [0.3, 0.4) is 0 Å². The molecule has 6 nitrogen and oxygen atoms in total. The maximum absolute atomic E-state index is 11.7. The second kappa shape index (κ2) is 6.75. The number of carbonyl (C=O) groups is 1. The minimum absolute atomic E-state index is 0. The highest BCUT2D eigenvalue weighted by atomic mass is 35.5. The first-order chi connectivity index (χ1) is 8.65. The van der Waals surface area contributed by atoms with Gasteiger partial charge in [0.2, 0.25) is 0 Å². The van der Waals surface area contributed by atoms with Crippen molar-refractivity contribution in [1.82, 2.24) is 20.1 Å². The molecule has 2 aromatic rings. The summed E-state index contributed by atoms with van der Waals surface area (Å²) in [6.07, 6.45) is 5.17. The number of rotatable bonds is 4. The van der Waals surface area contributed by atoms with Gasteiger partial charge in [0.05, 0.1) is 24.6 Å². The van der Waals surface area contributed by atoms with Crippen molar-refractivity contribution in [1.29, 1.82) is 0 Å². The molecule has 0 spiro atoms. The van der Waals surface area contributed by atoms with E-state index in [1.807, 2.05) is 13.1 Å². The summed E-state index contributed by atoms with van der Waals surface area (Å²) in [6, 6.07) is 3.25. The summed E-state index contributed by atoms with van der Waals surface area (Å²) in [6.45, 7) is 3.11. The Hall–Kier alpha value is -2.08. The molecule has 2 heterocycles. The van der Waals surface area contributed by atoms with E-state index in [-0.39, 0.29) is 18.3 Å². The summed E-state index contributed by atoms with van der Waals surface area (Å²) < 4.78 is 1.78. The van der Waals surface area contributed by atoms with Crippen LogP contribution in [-0.2, 0) is 6.54 Å². The van der Waals surface area contributed by atoms with Gasteiger partial charge in [-0.1, -0.05) is 0 Å². The van der Waals surface area contributed by atoms with Crippen LogP contribution in [0.25, 0.3) is 0 Å². The summed E-state index contributed by atoms with van der Waals surface area (Å²) >= 11 is 0. The second-order valence-electron chi connectivity index (χ2n) is 4.01. The minimum Gasteiger partial charge on any atom is -0.397 e. The highest BCUT2D eigenvalue weighted by Crippen LogP contribution is 2.00. The predicted molar refractivity (Wildman–Crippen MR) is 75.2 cm³/mol. The number of hydrogen-bond acceptors (Lipinski definition) is 4. The van der Waals surface area contributed by atoms with E-state index in [1.165, 1.54) is 6.20 Å². The highest BCUT2D eigenvalue weighted by molar-refractivity contribution is 5.92. The van der Waals surface area contributed by atoms with E-state index < -0.39 is 0 Å². The molecule has 0 bridgehead atoms. The standard InChI is InChI=1S/C12H15N5O.ClH/c1-9-6-16-17(8-9)5-4-14-12(18)11-3-2-10(13)7-15-11;/h2-3,6-8H,4-5,13H2,1H3,(H,14,18);1H. The lowest BCUT2D eigenvalue weighted by Gasteiger charge is -2.05. The SMILES string of the molecule is Cc1cnn(CCNC(=O)c2ccc(N)cn2)c1.Cl. The van der Waals surface area contributed by atoms with E-state index in [1.54, 1.807) is 23.0 Å². The van der Waals surface area contributed by atoms with Gasteiger partial charge >= 0.3 is 0 Å². The van der Waals surface area contributed by atoms with Crippen LogP contribution in [0.2, 0.25) is 0 Å². The monoisotopic (exact) mass is 281 g/mol. The van der Waals surface area contributed by atoms with Crippen molar-refractivity contribution in [2.45, 2.75) is 13.5 Å². The molecule has 0 radical (unpaired) electrons. The van der Waals surface area contributed by atoms with Crippen LogP contribution in [-0.4, -0.2) is 27.2 Å². The van der Waals surface area contributed by atoms with Gasteiger partial charge in [0.25, 0.3) is 5.91 Å². The van der Waals surface area contributed by atoms with Crippen molar-refractivity contribution in [3.63, 3.8) is 0 Å². The number of anilines is 1. The Morgan fingerprint density at radius 2 is 2.21 bits per heavy atom. The average molecular weight is 282 g/mol. The molecule has 2 aromatic heterocycles. The third-order valence-electron chi connectivity index (χ3n) is 2.41. The number of aromatic nitrogens is 3. The van der Waals surface area contributed by atoms with Crippen molar-refractivity contribution in [3.05, 3.63) is 42.0 Å². The Labute approximate surface area is 117 Å². The fraction of sp³-hybridized carbons (Fsp3) is 0.250. The maximum Gasteiger partial charge on any atom is 0.269 e. The van der Waals surface area contributed by atoms with E-state index in [0.717, 1.165) is 5.56 Å². The molecule has 1 amide bonds. The zero-order valence-electron chi connectivity index (χ0n) is 10.5. The summed E-state index contributed by atoms with van der Waals surface area (Å²) in [5.74, 6) is -0.209. The van der Waals surface area contributed by atoms with Crippen molar-refractivity contribution in [2.24, 2.45) is 0 Å².